The summed E-state index contributed by atoms with van der Waals surface area (Å²) >= 11 is 0. The number of hydrogen-bond acceptors (Lipinski definition) is 4. The molecule has 2 heterocycles. The van der Waals surface area contributed by atoms with Crippen LogP contribution in [0.25, 0.3) is 5.69 Å². The van der Waals surface area contributed by atoms with Gasteiger partial charge >= 0.3 is 0 Å². The fraction of sp³-hybridized carbons (Fsp3) is 0.357. The number of nitrogens with one attached hydrogen (secondary N) is 2. The highest BCUT2D eigenvalue weighted by Gasteiger charge is 2.18. The molecule has 1 aliphatic heterocycles. The minimum absolute atomic E-state index is 0.0865. The zero-order valence-corrected chi connectivity index (χ0v) is 11.4. The molecule has 0 saturated carbocycles. The van der Waals surface area contributed by atoms with Crippen LogP contribution in [0.1, 0.15) is 12.8 Å². The van der Waals surface area contributed by atoms with Crippen molar-refractivity contribution in [2.75, 3.05) is 18.4 Å². The normalized spacial score (nSPS) is 17.9. The lowest BCUT2D eigenvalue weighted by molar-refractivity contribution is -0.116. The van der Waals surface area contributed by atoms with Crippen LogP contribution < -0.4 is 10.6 Å². The molecule has 0 bridgehead atoms. The summed E-state index contributed by atoms with van der Waals surface area (Å²) in [6.07, 6.45) is 4.22. The van der Waals surface area contributed by atoms with E-state index in [1.54, 1.807) is 12.1 Å². The van der Waals surface area contributed by atoms with Crippen molar-refractivity contribution in [3.05, 3.63) is 36.7 Å². The van der Waals surface area contributed by atoms with E-state index in [9.17, 15) is 9.18 Å². The largest absolute Gasteiger partial charge is 0.326 e. The summed E-state index contributed by atoms with van der Waals surface area (Å²) in [5.41, 5.74) is 0.748. The van der Waals surface area contributed by atoms with Crippen LogP contribution in [0.3, 0.4) is 0 Å². The Morgan fingerprint density at radius 2 is 2.43 bits per heavy atom. The first-order valence-corrected chi connectivity index (χ1v) is 6.87. The van der Waals surface area contributed by atoms with Gasteiger partial charge in [0.05, 0.1) is 0 Å². The fourth-order valence-corrected chi connectivity index (χ4v) is 2.47. The third kappa shape index (κ3) is 3.25. The second-order valence-electron chi connectivity index (χ2n) is 5.12. The second-order valence-corrected chi connectivity index (χ2v) is 5.12. The van der Waals surface area contributed by atoms with Crippen molar-refractivity contribution in [2.24, 2.45) is 5.92 Å². The summed E-state index contributed by atoms with van der Waals surface area (Å²) in [7, 11) is 0. The molecule has 1 aromatic heterocycles. The molecule has 1 aromatic carbocycles. The van der Waals surface area contributed by atoms with Gasteiger partial charge in [0.1, 0.15) is 18.3 Å². The smallest absolute Gasteiger partial charge is 0.224 e. The number of rotatable bonds is 4. The molecule has 1 unspecified atom stereocenters. The van der Waals surface area contributed by atoms with Crippen molar-refractivity contribution in [1.29, 1.82) is 0 Å². The third-order valence-electron chi connectivity index (χ3n) is 3.53. The molecule has 6 nitrogen and oxygen atoms in total. The predicted molar refractivity (Wildman–Crippen MR) is 75.5 cm³/mol. The number of aromatic nitrogens is 3. The van der Waals surface area contributed by atoms with Gasteiger partial charge in [-0.1, -0.05) is 0 Å². The Balaban J connectivity index is 1.66. The first kappa shape index (κ1) is 13.7. The molecule has 1 fully saturated rings. The van der Waals surface area contributed by atoms with Gasteiger partial charge in [-0.2, -0.15) is 5.10 Å². The Labute approximate surface area is 121 Å². The molecule has 0 radical (unpaired) electrons. The van der Waals surface area contributed by atoms with Crippen LogP contribution in [0.2, 0.25) is 0 Å². The zero-order chi connectivity index (χ0) is 14.7. The molecule has 110 valence electrons. The number of carbonyl (C=O) groups is 1. The van der Waals surface area contributed by atoms with E-state index < -0.39 is 5.82 Å². The van der Waals surface area contributed by atoms with Crippen molar-refractivity contribution in [3.63, 3.8) is 0 Å². The van der Waals surface area contributed by atoms with E-state index >= 15 is 0 Å². The van der Waals surface area contributed by atoms with Gasteiger partial charge in [-0.3, -0.25) is 4.79 Å². The number of anilines is 1. The van der Waals surface area contributed by atoms with Gasteiger partial charge in [0.2, 0.25) is 5.91 Å². The van der Waals surface area contributed by atoms with Crippen molar-refractivity contribution in [1.82, 2.24) is 20.1 Å². The Kier molecular flexibility index (Phi) is 3.92. The number of carbonyl (C=O) groups excluding carboxylic acids is 1. The second kappa shape index (κ2) is 6.01. The Hall–Kier alpha value is -2.28. The summed E-state index contributed by atoms with van der Waals surface area (Å²) in [6, 6.07) is 4.52. The van der Waals surface area contributed by atoms with E-state index in [2.05, 4.69) is 20.7 Å². The van der Waals surface area contributed by atoms with Crippen molar-refractivity contribution in [2.45, 2.75) is 12.8 Å². The molecule has 0 aliphatic carbocycles. The molecule has 21 heavy (non-hydrogen) atoms. The van der Waals surface area contributed by atoms with Crippen LogP contribution >= 0.6 is 0 Å². The maximum atomic E-state index is 14.0. The summed E-state index contributed by atoms with van der Waals surface area (Å²) in [6.45, 7) is 1.83. The highest BCUT2D eigenvalue weighted by Crippen LogP contribution is 2.19. The maximum absolute atomic E-state index is 14.0. The zero-order valence-electron chi connectivity index (χ0n) is 11.4. The molecular weight excluding hydrogens is 273 g/mol. The number of halogens is 1. The van der Waals surface area contributed by atoms with Crippen LogP contribution in [0.4, 0.5) is 10.1 Å². The molecular formula is C14H16FN5O. The van der Waals surface area contributed by atoms with Gasteiger partial charge in [-0.25, -0.2) is 14.1 Å². The van der Waals surface area contributed by atoms with Gasteiger partial charge in [-0.05, 0) is 43.6 Å². The van der Waals surface area contributed by atoms with E-state index in [0.717, 1.165) is 19.5 Å². The van der Waals surface area contributed by atoms with Crippen LogP contribution in [0, 0.1) is 11.7 Å². The minimum Gasteiger partial charge on any atom is -0.326 e. The number of nitrogens with zero attached hydrogens (tertiary/aromatic N) is 3. The SMILES string of the molecule is O=C(CC1CCNC1)Nc1ccc(-n2cncn2)c(F)c1. The third-order valence-corrected chi connectivity index (χ3v) is 3.53. The van der Waals surface area contributed by atoms with Crippen LogP contribution in [-0.4, -0.2) is 33.8 Å². The standard InChI is InChI=1S/C14H16FN5O/c15-12-6-11(1-2-13(12)20-9-17-8-18-20)19-14(21)5-10-3-4-16-7-10/h1-2,6,8-10,16H,3-5,7H2,(H,19,21). The van der Waals surface area contributed by atoms with Crippen LogP contribution in [0.5, 0.6) is 0 Å². The molecule has 0 spiro atoms. The predicted octanol–water partition coefficient (Wildman–Crippen LogP) is 1.34. The molecule has 2 N–H and O–H groups in total. The average Bonchev–Trinajstić information content (AvgIpc) is 3.11. The van der Waals surface area contributed by atoms with E-state index in [0.29, 0.717) is 23.7 Å². The van der Waals surface area contributed by atoms with Gasteiger partial charge in [-0.15, -0.1) is 0 Å². The van der Waals surface area contributed by atoms with Gasteiger partial charge in [0.15, 0.2) is 5.82 Å². The monoisotopic (exact) mass is 289 g/mol. The first-order chi connectivity index (χ1) is 10.2. The van der Waals surface area contributed by atoms with Crippen molar-refractivity contribution >= 4 is 11.6 Å². The molecule has 3 rings (SSSR count). The van der Waals surface area contributed by atoms with Gasteiger partial charge < -0.3 is 10.6 Å². The number of hydrogen-bond donors (Lipinski definition) is 2. The van der Waals surface area contributed by atoms with Crippen molar-refractivity contribution < 1.29 is 9.18 Å². The number of amides is 1. The van der Waals surface area contributed by atoms with Crippen molar-refractivity contribution in [3.8, 4) is 5.69 Å². The summed E-state index contributed by atoms with van der Waals surface area (Å²) in [4.78, 5) is 15.7. The Bertz CT molecular complexity index is 622. The average molecular weight is 289 g/mol. The molecule has 1 atom stereocenters. The van der Waals surface area contributed by atoms with Crippen LogP contribution in [-0.2, 0) is 4.79 Å². The lowest BCUT2D eigenvalue weighted by atomic mass is 10.0. The van der Waals surface area contributed by atoms with E-state index in [1.807, 2.05) is 0 Å². The van der Waals surface area contributed by atoms with E-state index in [-0.39, 0.29) is 5.91 Å². The summed E-state index contributed by atoms with van der Waals surface area (Å²) < 4.78 is 15.4. The maximum Gasteiger partial charge on any atom is 0.224 e. The van der Waals surface area contributed by atoms with Gasteiger partial charge in [0.25, 0.3) is 0 Å². The lowest BCUT2D eigenvalue weighted by Gasteiger charge is -2.10. The Morgan fingerprint density at radius 1 is 1.52 bits per heavy atom. The first-order valence-electron chi connectivity index (χ1n) is 6.87. The summed E-state index contributed by atoms with van der Waals surface area (Å²) in [5, 5.41) is 9.83. The van der Waals surface area contributed by atoms with Crippen LogP contribution in [0.15, 0.2) is 30.9 Å². The van der Waals surface area contributed by atoms with E-state index in [1.165, 1.54) is 23.4 Å². The molecule has 7 heteroatoms. The molecule has 1 amide bonds. The Morgan fingerprint density at radius 3 is 3.10 bits per heavy atom. The minimum atomic E-state index is -0.458. The molecule has 1 aliphatic rings. The van der Waals surface area contributed by atoms with Gasteiger partial charge in [0, 0.05) is 12.1 Å². The topological polar surface area (TPSA) is 71.8 Å². The highest BCUT2D eigenvalue weighted by atomic mass is 19.1. The summed E-state index contributed by atoms with van der Waals surface area (Å²) in [5.74, 6) is -0.179. The van der Waals surface area contributed by atoms with E-state index in [4.69, 9.17) is 0 Å². The lowest BCUT2D eigenvalue weighted by Crippen LogP contribution is -2.18. The number of benzene rings is 1. The molecule has 1 saturated heterocycles. The molecule has 2 aromatic rings. The highest BCUT2D eigenvalue weighted by molar-refractivity contribution is 5.91. The quantitative estimate of drug-likeness (QED) is 0.891. The fourth-order valence-electron chi connectivity index (χ4n) is 2.47.